The zero-order chi connectivity index (χ0) is 23.3. The second-order valence-electron chi connectivity index (χ2n) is 7.05. The quantitative estimate of drug-likeness (QED) is 0.485. The van der Waals surface area contributed by atoms with Gasteiger partial charge in [-0.05, 0) is 42.3 Å². The maximum atomic E-state index is 13.0. The molecule has 2 N–H and O–H groups in total. The number of nitrogens with one attached hydrogen (secondary N) is 2. The Balaban J connectivity index is 1.78. The van der Waals surface area contributed by atoms with Crippen molar-refractivity contribution in [1.29, 1.82) is 0 Å². The smallest absolute Gasteiger partial charge is 0.323 e. The largest absolute Gasteiger partial charge is 0.497 e. The molecule has 3 aromatic rings. The lowest BCUT2D eigenvalue weighted by molar-refractivity contribution is 0.262. The van der Waals surface area contributed by atoms with Crippen LogP contribution in [0, 0.1) is 6.92 Å². The summed E-state index contributed by atoms with van der Waals surface area (Å²) in [5, 5.41) is 5.88. The number of benzene rings is 3. The van der Waals surface area contributed by atoms with Gasteiger partial charge < -0.3 is 20.1 Å². The Morgan fingerprint density at radius 2 is 1.47 bits per heavy atom. The molecule has 0 bridgehead atoms. The summed E-state index contributed by atoms with van der Waals surface area (Å²) >= 11 is 5.88. The number of methoxy groups -OCH3 is 2. The third kappa shape index (κ3) is 5.93. The molecule has 0 atom stereocenters. The van der Waals surface area contributed by atoms with Crippen LogP contribution in [0.1, 0.15) is 11.1 Å². The minimum atomic E-state index is -3.64. The molecule has 7 nitrogen and oxygen atoms in total. The summed E-state index contributed by atoms with van der Waals surface area (Å²) < 4.78 is 36.4. The lowest BCUT2D eigenvalue weighted by atomic mass is 10.2. The first-order chi connectivity index (χ1) is 15.2. The Morgan fingerprint density at radius 1 is 0.875 bits per heavy atom. The van der Waals surface area contributed by atoms with Crippen LogP contribution in [0.5, 0.6) is 11.5 Å². The predicted molar refractivity (Wildman–Crippen MR) is 126 cm³/mol. The summed E-state index contributed by atoms with van der Waals surface area (Å²) in [6.45, 7) is 1.71. The van der Waals surface area contributed by atoms with E-state index in [0.717, 1.165) is 0 Å². The maximum absolute atomic E-state index is 13.0. The molecule has 0 unspecified atom stereocenters. The first-order valence-corrected chi connectivity index (χ1v) is 11.6. The molecule has 3 aromatic carbocycles. The summed E-state index contributed by atoms with van der Waals surface area (Å²) in [4.78, 5) is 12.6. The van der Waals surface area contributed by atoms with Gasteiger partial charge >= 0.3 is 6.03 Å². The van der Waals surface area contributed by atoms with E-state index in [1.807, 2.05) is 0 Å². The summed E-state index contributed by atoms with van der Waals surface area (Å²) in [5.41, 5.74) is 2.01. The van der Waals surface area contributed by atoms with Gasteiger partial charge in [-0.3, -0.25) is 0 Å². The van der Waals surface area contributed by atoms with Gasteiger partial charge in [0.2, 0.25) is 0 Å². The fourth-order valence-corrected chi connectivity index (χ4v) is 4.84. The highest BCUT2D eigenvalue weighted by Crippen LogP contribution is 2.27. The van der Waals surface area contributed by atoms with Crippen molar-refractivity contribution in [3.05, 3.63) is 76.8 Å². The lowest BCUT2D eigenvalue weighted by Crippen LogP contribution is -2.20. The monoisotopic (exact) mass is 474 g/mol. The molecule has 168 valence electrons. The van der Waals surface area contributed by atoms with Crippen LogP contribution < -0.4 is 20.1 Å². The summed E-state index contributed by atoms with van der Waals surface area (Å²) in [5.74, 6) is 0.862. The second-order valence-corrected chi connectivity index (χ2v) is 9.44. The van der Waals surface area contributed by atoms with E-state index >= 15 is 0 Å². The topological polar surface area (TPSA) is 93.7 Å². The van der Waals surface area contributed by atoms with Crippen molar-refractivity contribution >= 4 is 38.8 Å². The summed E-state index contributed by atoms with van der Waals surface area (Å²) in [6, 6.07) is 15.8. The predicted octanol–water partition coefficient (Wildman–Crippen LogP) is 5.28. The van der Waals surface area contributed by atoms with Gasteiger partial charge in [-0.15, -0.1) is 0 Å². The van der Waals surface area contributed by atoms with Crippen molar-refractivity contribution in [2.75, 3.05) is 24.9 Å². The summed E-state index contributed by atoms with van der Waals surface area (Å²) in [6.07, 6.45) is 0. The molecule has 9 heteroatoms. The Morgan fingerprint density at radius 3 is 2.06 bits per heavy atom. The molecule has 0 aliphatic heterocycles. The molecule has 0 saturated carbocycles. The Labute approximate surface area is 192 Å². The van der Waals surface area contributed by atoms with Crippen molar-refractivity contribution in [3.63, 3.8) is 0 Å². The van der Waals surface area contributed by atoms with Crippen LogP contribution in [0.25, 0.3) is 0 Å². The fourth-order valence-electron chi connectivity index (χ4n) is 3.06. The zero-order valence-electron chi connectivity index (χ0n) is 17.8. The van der Waals surface area contributed by atoms with Crippen molar-refractivity contribution in [1.82, 2.24) is 0 Å². The van der Waals surface area contributed by atoms with Gasteiger partial charge in [0, 0.05) is 34.6 Å². The number of rotatable bonds is 7. The van der Waals surface area contributed by atoms with Crippen LogP contribution in [0.15, 0.2) is 65.6 Å². The number of carbonyl (C=O) groups is 1. The number of carbonyl (C=O) groups excluding carboxylic acids is 1. The molecule has 0 fully saturated rings. The number of amides is 2. The molecule has 0 aliphatic carbocycles. The normalized spacial score (nSPS) is 11.0. The third-order valence-corrected chi connectivity index (χ3v) is 6.74. The lowest BCUT2D eigenvalue weighted by Gasteiger charge is -2.13. The van der Waals surface area contributed by atoms with Crippen LogP contribution in [0.3, 0.4) is 0 Å². The third-order valence-electron chi connectivity index (χ3n) is 4.66. The van der Waals surface area contributed by atoms with E-state index in [1.54, 1.807) is 61.5 Å². The van der Waals surface area contributed by atoms with E-state index in [4.69, 9.17) is 21.1 Å². The van der Waals surface area contributed by atoms with Crippen molar-refractivity contribution in [2.45, 2.75) is 17.6 Å². The number of hydrogen-bond acceptors (Lipinski definition) is 5. The van der Waals surface area contributed by atoms with E-state index < -0.39 is 15.9 Å². The van der Waals surface area contributed by atoms with Gasteiger partial charge in [0.1, 0.15) is 11.5 Å². The first kappa shape index (κ1) is 23.4. The fraction of sp³-hybridized carbons (Fsp3) is 0.174. The van der Waals surface area contributed by atoms with Crippen molar-refractivity contribution < 1.29 is 22.7 Å². The molecule has 0 saturated heterocycles. The molecule has 0 heterocycles. The molecular formula is C23H23ClN2O5S. The minimum Gasteiger partial charge on any atom is -0.497 e. The van der Waals surface area contributed by atoms with E-state index in [9.17, 15) is 13.2 Å². The molecule has 0 radical (unpaired) electrons. The Kier molecular flexibility index (Phi) is 7.27. The number of ether oxygens (including phenoxy) is 2. The van der Waals surface area contributed by atoms with Gasteiger partial charge in [0.15, 0.2) is 9.84 Å². The molecule has 0 spiro atoms. The molecule has 0 aromatic heterocycles. The van der Waals surface area contributed by atoms with Crippen LogP contribution >= 0.6 is 11.6 Å². The second kappa shape index (κ2) is 9.93. The molecule has 3 rings (SSSR count). The van der Waals surface area contributed by atoms with Crippen molar-refractivity contribution in [2.24, 2.45) is 0 Å². The number of urea groups is 1. The highest BCUT2D eigenvalue weighted by molar-refractivity contribution is 7.90. The number of halogens is 1. The average Bonchev–Trinajstić information content (AvgIpc) is 2.76. The highest BCUT2D eigenvalue weighted by Gasteiger charge is 2.19. The van der Waals surface area contributed by atoms with Gasteiger partial charge in [-0.2, -0.15) is 0 Å². The van der Waals surface area contributed by atoms with Crippen molar-refractivity contribution in [3.8, 4) is 11.5 Å². The van der Waals surface area contributed by atoms with E-state index in [-0.39, 0.29) is 10.6 Å². The summed E-state index contributed by atoms with van der Waals surface area (Å²) in [7, 11) is -0.618. The zero-order valence-corrected chi connectivity index (χ0v) is 19.4. The van der Waals surface area contributed by atoms with Crippen LogP contribution in [-0.2, 0) is 15.6 Å². The maximum Gasteiger partial charge on any atom is 0.323 e. The number of aryl methyl sites for hydroxylation is 1. The molecule has 2 amide bonds. The van der Waals surface area contributed by atoms with Crippen LogP contribution in [-0.4, -0.2) is 28.7 Å². The van der Waals surface area contributed by atoms with Gasteiger partial charge in [0.05, 0.1) is 24.9 Å². The van der Waals surface area contributed by atoms with Gasteiger partial charge in [-0.25, -0.2) is 13.2 Å². The number of hydrogen-bond donors (Lipinski definition) is 2. The number of anilines is 2. The van der Waals surface area contributed by atoms with Gasteiger partial charge in [0.25, 0.3) is 0 Å². The molecular weight excluding hydrogens is 452 g/mol. The van der Waals surface area contributed by atoms with E-state index in [1.165, 1.54) is 20.3 Å². The Bertz CT molecular complexity index is 1210. The average molecular weight is 475 g/mol. The van der Waals surface area contributed by atoms with Crippen LogP contribution in [0.4, 0.5) is 16.2 Å². The minimum absolute atomic E-state index is 0.147. The molecule has 0 aliphatic rings. The van der Waals surface area contributed by atoms with Crippen LogP contribution in [0.2, 0.25) is 5.02 Å². The van der Waals surface area contributed by atoms with E-state index in [0.29, 0.717) is 39.0 Å². The number of sulfone groups is 1. The standard InChI is InChI=1S/C23H23ClN2O5S/c1-15-4-9-18(12-22(15)32(28,29)14-16-5-7-17(24)8-6-16)25-23(27)26-19-10-20(30-2)13-21(11-19)31-3/h4-13H,14H2,1-3H3,(H2,25,26,27). The highest BCUT2D eigenvalue weighted by atomic mass is 35.5. The first-order valence-electron chi connectivity index (χ1n) is 9.59. The Hall–Kier alpha value is -3.23. The SMILES string of the molecule is COc1cc(NC(=O)Nc2ccc(C)c(S(=O)(=O)Cc3ccc(Cl)cc3)c2)cc(OC)c1. The van der Waals surface area contributed by atoms with Gasteiger partial charge in [-0.1, -0.05) is 29.8 Å². The van der Waals surface area contributed by atoms with E-state index in [2.05, 4.69) is 10.6 Å². The molecule has 32 heavy (non-hydrogen) atoms.